The highest BCUT2D eigenvalue weighted by Crippen LogP contribution is 2.14. The van der Waals surface area contributed by atoms with Crippen LogP contribution in [0.15, 0.2) is 18.2 Å². The van der Waals surface area contributed by atoms with Gasteiger partial charge in [-0.2, -0.15) is 5.26 Å². The Morgan fingerprint density at radius 2 is 2.11 bits per heavy atom. The van der Waals surface area contributed by atoms with Gasteiger partial charge in [0.15, 0.2) is 0 Å². The number of anilines is 1. The number of benzene rings is 1. The Kier molecular flexibility index (Phi) is 4.40. The number of hydrogen-bond acceptors (Lipinski definition) is 3. The van der Waals surface area contributed by atoms with Crippen LogP contribution in [-0.4, -0.2) is 30.4 Å². The summed E-state index contributed by atoms with van der Waals surface area (Å²) in [5, 5.41) is 12.0. The number of aryl methyl sites for hydroxylation is 1. The molecule has 0 atom stereocenters. The highest BCUT2D eigenvalue weighted by Gasteiger charge is 2.15. The van der Waals surface area contributed by atoms with Gasteiger partial charge in [-0.3, -0.25) is 4.79 Å². The number of nitrogens with zero attached hydrogens (tertiary/aromatic N) is 2. The smallest absolute Gasteiger partial charge is 0.241 e. The second kappa shape index (κ2) is 6.24. The van der Waals surface area contributed by atoms with Gasteiger partial charge in [-0.25, -0.2) is 0 Å². The number of nitriles is 1. The molecule has 1 N–H and O–H groups in total. The van der Waals surface area contributed by atoms with E-state index in [1.165, 1.54) is 6.42 Å². The Morgan fingerprint density at radius 3 is 2.74 bits per heavy atom. The largest absolute Gasteiger partial charge is 0.376 e. The minimum Gasteiger partial charge on any atom is -0.376 e. The zero-order chi connectivity index (χ0) is 13.7. The van der Waals surface area contributed by atoms with E-state index in [1.807, 2.05) is 24.0 Å². The molecule has 0 radical (unpaired) electrons. The van der Waals surface area contributed by atoms with Crippen molar-refractivity contribution in [3.05, 3.63) is 29.3 Å². The fourth-order valence-electron chi connectivity index (χ4n) is 2.33. The molecule has 2 rings (SSSR count). The summed E-state index contributed by atoms with van der Waals surface area (Å²) in [5.74, 6) is 0.154. The van der Waals surface area contributed by atoms with E-state index in [0.717, 1.165) is 37.2 Å². The van der Waals surface area contributed by atoms with Gasteiger partial charge in [0.25, 0.3) is 0 Å². The van der Waals surface area contributed by atoms with Crippen LogP contribution in [0.4, 0.5) is 5.69 Å². The predicted molar refractivity (Wildman–Crippen MR) is 74.8 cm³/mol. The third-order valence-electron chi connectivity index (χ3n) is 3.50. The second-order valence-electron chi connectivity index (χ2n) is 4.94. The van der Waals surface area contributed by atoms with Crippen molar-refractivity contribution in [1.82, 2.24) is 4.90 Å². The predicted octanol–water partition coefficient (Wildman–Crippen LogP) is 2.29. The van der Waals surface area contributed by atoms with E-state index in [0.29, 0.717) is 12.1 Å². The molecule has 4 nitrogen and oxygen atoms in total. The number of piperidine rings is 1. The van der Waals surface area contributed by atoms with Crippen LogP contribution in [0.25, 0.3) is 0 Å². The van der Waals surface area contributed by atoms with Gasteiger partial charge in [0.2, 0.25) is 5.91 Å². The van der Waals surface area contributed by atoms with Gasteiger partial charge in [0.1, 0.15) is 0 Å². The van der Waals surface area contributed by atoms with Crippen LogP contribution in [0.1, 0.15) is 30.4 Å². The van der Waals surface area contributed by atoms with Gasteiger partial charge < -0.3 is 10.2 Å². The Hall–Kier alpha value is -2.02. The summed E-state index contributed by atoms with van der Waals surface area (Å²) in [4.78, 5) is 13.9. The van der Waals surface area contributed by atoms with E-state index in [4.69, 9.17) is 5.26 Å². The van der Waals surface area contributed by atoms with Gasteiger partial charge in [0, 0.05) is 18.8 Å². The van der Waals surface area contributed by atoms with E-state index >= 15 is 0 Å². The normalized spacial score (nSPS) is 14.8. The maximum Gasteiger partial charge on any atom is 0.241 e. The summed E-state index contributed by atoms with van der Waals surface area (Å²) in [7, 11) is 0. The molecule has 0 saturated carbocycles. The molecule has 1 amide bonds. The fraction of sp³-hybridized carbons (Fsp3) is 0.467. The van der Waals surface area contributed by atoms with Crippen molar-refractivity contribution in [3.8, 4) is 6.07 Å². The van der Waals surface area contributed by atoms with Crippen molar-refractivity contribution < 1.29 is 4.79 Å². The highest BCUT2D eigenvalue weighted by atomic mass is 16.2. The van der Waals surface area contributed by atoms with Gasteiger partial charge in [-0.1, -0.05) is 0 Å². The summed E-state index contributed by atoms with van der Waals surface area (Å²) in [6.45, 7) is 3.99. The third-order valence-corrected chi connectivity index (χ3v) is 3.50. The van der Waals surface area contributed by atoms with Crippen LogP contribution in [0, 0.1) is 18.3 Å². The lowest BCUT2D eigenvalue weighted by Gasteiger charge is -2.26. The average molecular weight is 257 g/mol. The summed E-state index contributed by atoms with van der Waals surface area (Å²) >= 11 is 0. The van der Waals surface area contributed by atoms with Crippen LogP contribution < -0.4 is 5.32 Å². The summed E-state index contributed by atoms with van der Waals surface area (Å²) in [5.41, 5.74) is 2.49. The van der Waals surface area contributed by atoms with Gasteiger partial charge in [0.05, 0.1) is 18.2 Å². The van der Waals surface area contributed by atoms with Crippen LogP contribution in [0.5, 0.6) is 0 Å². The topological polar surface area (TPSA) is 56.1 Å². The Bertz CT molecular complexity index is 499. The number of carbonyl (C=O) groups excluding carboxylic acids is 1. The molecule has 1 aliphatic rings. The van der Waals surface area contributed by atoms with E-state index in [9.17, 15) is 4.79 Å². The van der Waals surface area contributed by atoms with Crippen LogP contribution in [-0.2, 0) is 4.79 Å². The van der Waals surface area contributed by atoms with E-state index < -0.39 is 0 Å². The molecule has 4 heteroatoms. The Balaban J connectivity index is 1.89. The first-order valence-corrected chi connectivity index (χ1v) is 6.73. The molecule has 1 aliphatic heterocycles. The first-order chi connectivity index (χ1) is 9.20. The summed E-state index contributed by atoms with van der Waals surface area (Å²) in [6.07, 6.45) is 3.45. The minimum absolute atomic E-state index is 0.154. The van der Waals surface area contributed by atoms with Crippen molar-refractivity contribution in [1.29, 1.82) is 5.26 Å². The lowest BCUT2D eigenvalue weighted by atomic mass is 10.1. The standard InChI is InChI=1S/C15H19N3O/c1-12-9-14(6-5-13(12)10-16)17-11-15(19)18-7-3-2-4-8-18/h5-6,9,17H,2-4,7-8,11H2,1H3. The first kappa shape index (κ1) is 13.4. The van der Waals surface area contributed by atoms with Gasteiger partial charge >= 0.3 is 0 Å². The molecule has 1 aromatic rings. The van der Waals surface area contributed by atoms with Crippen molar-refractivity contribution in [2.24, 2.45) is 0 Å². The SMILES string of the molecule is Cc1cc(NCC(=O)N2CCCCC2)ccc1C#N. The van der Waals surface area contributed by atoms with E-state index in [2.05, 4.69) is 11.4 Å². The van der Waals surface area contributed by atoms with Gasteiger partial charge in [-0.05, 0) is 49.9 Å². The van der Waals surface area contributed by atoms with Gasteiger partial charge in [-0.15, -0.1) is 0 Å². The summed E-state index contributed by atoms with van der Waals surface area (Å²) in [6, 6.07) is 7.66. The van der Waals surface area contributed by atoms with Crippen LogP contribution in [0.3, 0.4) is 0 Å². The number of nitrogens with one attached hydrogen (secondary N) is 1. The zero-order valence-electron chi connectivity index (χ0n) is 11.3. The summed E-state index contributed by atoms with van der Waals surface area (Å²) < 4.78 is 0. The molecular formula is C15H19N3O. The van der Waals surface area contributed by atoms with Crippen molar-refractivity contribution in [3.63, 3.8) is 0 Å². The zero-order valence-corrected chi connectivity index (χ0v) is 11.3. The first-order valence-electron chi connectivity index (χ1n) is 6.73. The number of rotatable bonds is 3. The lowest BCUT2D eigenvalue weighted by Crippen LogP contribution is -2.39. The molecular weight excluding hydrogens is 238 g/mol. The Labute approximate surface area is 114 Å². The van der Waals surface area contributed by atoms with E-state index in [1.54, 1.807) is 6.07 Å². The average Bonchev–Trinajstić information content (AvgIpc) is 2.46. The minimum atomic E-state index is 0.154. The number of amides is 1. The number of likely N-dealkylation sites (tertiary alicyclic amines) is 1. The molecule has 0 unspecified atom stereocenters. The quantitative estimate of drug-likeness (QED) is 0.904. The maximum absolute atomic E-state index is 12.0. The molecule has 19 heavy (non-hydrogen) atoms. The highest BCUT2D eigenvalue weighted by molar-refractivity contribution is 5.81. The molecule has 0 spiro atoms. The molecule has 1 saturated heterocycles. The molecule has 1 heterocycles. The second-order valence-corrected chi connectivity index (χ2v) is 4.94. The van der Waals surface area contributed by atoms with E-state index in [-0.39, 0.29) is 5.91 Å². The molecule has 1 aromatic carbocycles. The Morgan fingerprint density at radius 1 is 1.37 bits per heavy atom. The van der Waals surface area contributed by atoms with Crippen molar-refractivity contribution in [2.45, 2.75) is 26.2 Å². The molecule has 1 fully saturated rings. The van der Waals surface area contributed by atoms with Crippen molar-refractivity contribution >= 4 is 11.6 Å². The monoisotopic (exact) mass is 257 g/mol. The molecule has 0 aliphatic carbocycles. The molecule has 0 bridgehead atoms. The van der Waals surface area contributed by atoms with Crippen LogP contribution in [0.2, 0.25) is 0 Å². The fourth-order valence-corrected chi connectivity index (χ4v) is 2.33. The molecule has 100 valence electrons. The number of hydrogen-bond donors (Lipinski definition) is 1. The lowest BCUT2D eigenvalue weighted by molar-refractivity contribution is -0.130. The third kappa shape index (κ3) is 3.47. The maximum atomic E-state index is 12.0. The van der Waals surface area contributed by atoms with Crippen molar-refractivity contribution in [2.75, 3.05) is 25.0 Å². The molecule has 0 aromatic heterocycles. The number of carbonyl (C=O) groups is 1. The van der Waals surface area contributed by atoms with Crippen LogP contribution >= 0.6 is 0 Å².